The molecule has 102 valence electrons. The number of hydrogen-bond acceptors (Lipinski definition) is 4. The zero-order valence-electron chi connectivity index (χ0n) is 10.9. The molecule has 0 spiro atoms. The lowest BCUT2D eigenvalue weighted by Gasteiger charge is -2.14. The maximum absolute atomic E-state index is 5.88. The van der Waals surface area contributed by atoms with E-state index in [0.29, 0.717) is 17.2 Å². The van der Waals surface area contributed by atoms with Crippen LogP contribution in [0.2, 0.25) is 0 Å². The molecule has 5 heteroatoms. The fourth-order valence-electron chi connectivity index (χ4n) is 2.34. The van der Waals surface area contributed by atoms with Crippen molar-refractivity contribution in [2.45, 2.75) is 12.5 Å². The predicted octanol–water partition coefficient (Wildman–Crippen LogP) is 2.13. The van der Waals surface area contributed by atoms with Gasteiger partial charge in [0.15, 0.2) is 0 Å². The highest BCUT2D eigenvalue weighted by Crippen LogP contribution is 2.28. The molecular formula is C15H15N3OS. The van der Waals surface area contributed by atoms with Gasteiger partial charge in [0.2, 0.25) is 0 Å². The summed E-state index contributed by atoms with van der Waals surface area (Å²) in [5.41, 5.74) is 8.38. The first kappa shape index (κ1) is 12.9. The number of fused-ring (bicyclic) bond motifs is 1. The van der Waals surface area contributed by atoms with Crippen molar-refractivity contribution in [2.24, 2.45) is 5.73 Å². The zero-order chi connectivity index (χ0) is 13.9. The molecule has 1 atom stereocenters. The quantitative estimate of drug-likeness (QED) is 0.843. The molecule has 2 heterocycles. The van der Waals surface area contributed by atoms with Gasteiger partial charge in [-0.25, -0.2) is 0 Å². The summed E-state index contributed by atoms with van der Waals surface area (Å²) in [6, 6.07) is 11.9. The average molecular weight is 285 g/mol. The van der Waals surface area contributed by atoms with E-state index in [1.54, 1.807) is 6.20 Å². The molecule has 1 aromatic heterocycles. The van der Waals surface area contributed by atoms with Gasteiger partial charge in [0.1, 0.15) is 22.5 Å². The SMILES string of the molecule is NC(=S)c1ncccc1NCC1Cc2ccccc2O1. The summed E-state index contributed by atoms with van der Waals surface area (Å²) in [4.78, 5) is 4.49. The van der Waals surface area contributed by atoms with E-state index in [1.807, 2.05) is 30.3 Å². The Bertz CT molecular complexity index is 620. The molecule has 0 bridgehead atoms. The molecule has 0 fully saturated rings. The number of nitrogens with two attached hydrogens (primary N) is 1. The maximum Gasteiger partial charge on any atom is 0.124 e. The zero-order valence-corrected chi connectivity index (χ0v) is 11.7. The van der Waals surface area contributed by atoms with Gasteiger partial charge < -0.3 is 15.8 Å². The van der Waals surface area contributed by atoms with Crippen molar-refractivity contribution in [3.05, 3.63) is 53.9 Å². The van der Waals surface area contributed by atoms with E-state index < -0.39 is 0 Å². The smallest absolute Gasteiger partial charge is 0.124 e. The van der Waals surface area contributed by atoms with Crippen molar-refractivity contribution in [3.8, 4) is 5.75 Å². The van der Waals surface area contributed by atoms with Gasteiger partial charge in [0.25, 0.3) is 0 Å². The summed E-state index contributed by atoms with van der Waals surface area (Å²) in [7, 11) is 0. The Hall–Kier alpha value is -2.14. The first-order valence-electron chi connectivity index (χ1n) is 6.47. The Morgan fingerprint density at radius 1 is 1.35 bits per heavy atom. The Morgan fingerprint density at radius 2 is 2.20 bits per heavy atom. The van der Waals surface area contributed by atoms with Gasteiger partial charge in [0.05, 0.1) is 12.2 Å². The van der Waals surface area contributed by atoms with E-state index in [9.17, 15) is 0 Å². The predicted molar refractivity (Wildman–Crippen MR) is 83.2 cm³/mol. The summed E-state index contributed by atoms with van der Waals surface area (Å²) in [6.07, 6.45) is 2.71. The van der Waals surface area contributed by atoms with E-state index in [0.717, 1.165) is 17.9 Å². The Kier molecular flexibility index (Phi) is 3.52. The monoisotopic (exact) mass is 285 g/mol. The average Bonchev–Trinajstić information content (AvgIpc) is 2.88. The molecule has 1 aromatic carbocycles. The maximum atomic E-state index is 5.88. The number of rotatable bonds is 4. The van der Waals surface area contributed by atoms with Crippen LogP contribution in [0.5, 0.6) is 5.75 Å². The molecule has 20 heavy (non-hydrogen) atoms. The molecule has 0 radical (unpaired) electrons. The number of benzene rings is 1. The van der Waals surface area contributed by atoms with E-state index >= 15 is 0 Å². The minimum absolute atomic E-state index is 0.117. The van der Waals surface area contributed by atoms with Crippen LogP contribution in [0, 0.1) is 0 Å². The molecule has 0 aliphatic carbocycles. The Morgan fingerprint density at radius 3 is 3.00 bits per heavy atom. The van der Waals surface area contributed by atoms with Gasteiger partial charge in [-0.2, -0.15) is 0 Å². The van der Waals surface area contributed by atoms with Gasteiger partial charge in [-0.1, -0.05) is 30.4 Å². The van der Waals surface area contributed by atoms with Gasteiger partial charge in [-0.3, -0.25) is 4.98 Å². The molecule has 0 amide bonds. The van der Waals surface area contributed by atoms with Gasteiger partial charge >= 0.3 is 0 Å². The first-order valence-corrected chi connectivity index (χ1v) is 6.88. The highest BCUT2D eigenvalue weighted by molar-refractivity contribution is 7.80. The lowest BCUT2D eigenvalue weighted by Crippen LogP contribution is -2.25. The van der Waals surface area contributed by atoms with E-state index in [-0.39, 0.29) is 6.10 Å². The van der Waals surface area contributed by atoms with Gasteiger partial charge in [-0.05, 0) is 23.8 Å². The molecule has 3 N–H and O–H groups in total. The Balaban J connectivity index is 1.66. The summed E-state index contributed by atoms with van der Waals surface area (Å²) in [5.74, 6) is 0.972. The second kappa shape index (κ2) is 5.46. The van der Waals surface area contributed by atoms with E-state index in [2.05, 4.69) is 16.4 Å². The van der Waals surface area contributed by atoms with Crippen molar-refractivity contribution in [2.75, 3.05) is 11.9 Å². The van der Waals surface area contributed by atoms with Crippen molar-refractivity contribution in [3.63, 3.8) is 0 Å². The van der Waals surface area contributed by atoms with Crippen LogP contribution in [0.3, 0.4) is 0 Å². The molecule has 3 rings (SSSR count). The number of nitrogens with zero attached hydrogens (tertiary/aromatic N) is 1. The highest BCUT2D eigenvalue weighted by atomic mass is 32.1. The third-order valence-electron chi connectivity index (χ3n) is 3.28. The second-order valence-corrected chi connectivity index (χ2v) is 5.14. The molecule has 0 saturated carbocycles. The molecule has 2 aromatic rings. The molecule has 0 saturated heterocycles. The van der Waals surface area contributed by atoms with Crippen LogP contribution < -0.4 is 15.8 Å². The van der Waals surface area contributed by atoms with Crippen LogP contribution in [-0.4, -0.2) is 22.6 Å². The lowest BCUT2D eigenvalue weighted by molar-refractivity contribution is 0.246. The molecule has 1 unspecified atom stereocenters. The summed E-state index contributed by atoms with van der Waals surface area (Å²) >= 11 is 5.00. The first-order chi connectivity index (χ1) is 9.74. The number of pyridine rings is 1. The molecule has 4 nitrogen and oxygen atoms in total. The number of hydrogen-bond donors (Lipinski definition) is 2. The van der Waals surface area contributed by atoms with E-state index in [4.69, 9.17) is 22.7 Å². The van der Waals surface area contributed by atoms with Crippen molar-refractivity contribution >= 4 is 22.9 Å². The number of ether oxygens (including phenoxy) is 1. The standard InChI is InChI=1S/C15H15N3OS/c16-15(20)14-12(5-3-7-17-14)18-9-11-8-10-4-1-2-6-13(10)19-11/h1-7,11,18H,8-9H2,(H2,16,20). The van der Waals surface area contributed by atoms with Gasteiger partial charge in [0, 0.05) is 12.6 Å². The largest absolute Gasteiger partial charge is 0.488 e. The molecule has 1 aliphatic rings. The minimum atomic E-state index is 0.117. The van der Waals surface area contributed by atoms with Gasteiger partial charge in [-0.15, -0.1) is 0 Å². The fraction of sp³-hybridized carbons (Fsp3) is 0.200. The summed E-state index contributed by atoms with van der Waals surface area (Å²) in [5, 5.41) is 3.32. The van der Waals surface area contributed by atoms with Crippen molar-refractivity contribution in [1.29, 1.82) is 0 Å². The summed E-state index contributed by atoms with van der Waals surface area (Å²) < 4.78 is 5.88. The van der Waals surface area contributed by atoms with Crippen LogP contribution in [-0.2, 0) is 6.42 Å². The fourth-order valence-corrected chi connectivity index (χ4v) is 2.50. The third-order valence-corrected chi connectivity index (χ3v) is 3.47. The van der Waals surface area contributed by atoms with Crippen LogP contribution in [0.25, 0.3) is 0 Å². The lowest BCUT2D eigenvalue weighted by atomic mass is 10.1. The number of aromatic nitrogens is 1. The topological polar surface area (TPSA) is 60.2 Å². The molecule has 1 aliphatic heterocycles. The summed E-state index contributed by atoms with van der Waals surface area (Å²) in [6.45, 7) is 0.690. The van der Waals surface area contributed by atoms with Crippen molar-refractivity contribution < 1.29 is 4.74 Å². The Labute approximate surface area is 123 Å². The van der Waals surface area contributed by atoms with Crippen LogP contribution in [0.15, 0.2) is 42.6 Å². The minimum Gasteiger partial charge on any atom is -0.488 e. The second-order valence-electron chi connectivity index (χ2n) is 4.70. The number of para-hydroxylation sites is 1. The van der Waals surface area contributed by atoms with Crippen molar-refractivity contribution in [1.82, 2.24) is 4.98 Å². The third kappa shape index (κ3) is 2.58. The number of thiocarbonyl (C=S) groups is 1. The van der Waals surface area contributed by atoms with Crippen LogP contribution in [0.4, 0.5) is 5.69 Å². The molecular weight excluding hydrogens is 270 g/mol. The van der Waals surface area contributed by atoms with E-state index in [1.165, 1.54) is 5.56 Å². The highest BCUT2D eigenvalue weighted by Gasteiger charge is 2.22. The van der Waals surface area contributed by atoms with Crippen LogP contribution in [0.1, 0.15) is 11.3 Å². The van der Waals surface area contributed by atoms with Crippen LogP contribution >= 0.6 is 12.2 Å². The normalized spacial score (nSPS) is 16.3. The number of nitrogens with one attached hydrogen (secondary N) is 1. The number of anilines is 1.